The molecule has 6 atom stereocenters. The third-order valence-corrected chi connectivity index (χ3v) is 4.79. The van der Waals surface area contributed by atoms with E-state index >= 15 is 0 Å². The summed E-state index contributed by atoms with van der Waals surface area (Å²) >= 11 is 16.8. The minimum Gasteiger partial charge on any atom is -0.445 e. The van der Waals surface area contributed by atoms with Crippen LogP contribution in [-0.2, 0) is 23.7 Å². The van der Waals surface area contributed by atoms with Gasteiger partial charge in [-0.2, -0.15) is 0 Å². The summed E-state index contributed by atoms with van der Waals surface area (Å²) in [5.41, 5.74) is 0.791. The first-order valence-corrected chi connectivity index (χ1v) is 10.3. The average molecular weight is 483 g/mol. The SMILES string of the molecule is C=CCO[C@H]1O[C@@H]2COC(c3ccccc3)O[C@H]2[C@H](O)[C@H]1NC(=O)OCC(Cl)(Cl)Cl. The van der Waals surface area contributed by atoms with E-state index in [-0.39, 0.29) is 13.2 Å². The molecule has 2 fully saturated rings. The summed E-state index contributed by atoms with van der Waals surface area (Å²) in [4.78, 5) is 12.2. The van der Waals surface area contributed by atoms with Crippen LogP contribution < -0.4 is 5.32 Å². The van der Waals surface area contributed by atoms with E-state index in [4.69, 9.17) is 58.5 Å². The smallest absolute Gasteiger partial charge is 0.407 e. The number of fused-ring (bicyclic) bond motifs is 1. The maximum absolute atomic E-state index is 12.2. The first kappa shape index (κ1) is 23.6. The van der Waals surface area contributed by atoms with Crippen molar-refractivity contribution in [2.24, 2.45) is 0 Å². The molecule has 11 heteroatoms. The second-order valence-corrected chi connectivity index (χ2v) is 9.21. The molecule has 0 aromatic heterocycles. The minimum atomic E-state index is -1.77. The third kappa shape index (κ3) is 6.21. The van der Waals surface area contributed by atoms with Gasteiger partial charge in [0.15, 0.2) is 12.6 Å². The van der Waals surface area contributed by atoms with Crippen LogP contribution in [0.2, 0.25) is 0 Å². The summed E-state index contributed by atoms with van der Waals surface area (Å²) in [6.45, 7) is 3.40. The van der Waals surface area contributed by atoms with Gasteiger partial charge < -0.3 is 34.1 Å². The van der Waals surface area contributed by atoms with Gasteiger partial charge in [-0.25, -0.2) is 4.79 Å². The molecule has 0 aliphatic carbocycles. The van der Waals surface area contributed by atoms with Crippen LogP contribution >= 0.6 is 34.8 Å². The number of rotatable bonds is 6. The molecule has 1 amide bonds. The average Bonchev–Trinajstić information content (AvgIpc) is 2.73. The van der Waals surface area contributed by atoms with Crippen molar-refractivity contribution in [2.45, 2.75) is 40.7 Å². The number of nitrogens with one attached hydrogen (secondary N) is 1. The van der Waals surface area contributed by atoms with Crippen LogP contribution in [0.15, 0.2) is 43.0 Å². The molecular formula is C19H22Cl3NO7. The van der Waals surface area contributed by atoms with Crippen LogP contribution in [-0.4, -0.2) is 65.5 Å². The molecule has 30 heavy (non-hydrogen) atoms. The van der Waals surface area contributed by atoms with Crippen molar-refractivity contribution in [3.8, 4) is 0 Å². The van der Waals surface area contributed by atoms with Gasteiger partial charge in [0.05, 0.1) is 13.2 Å². The van der Waals surface area contributed by atoms with Crippen LogP contribution in [0, 0.1) is 0 Å². The quantitative estimate of drug-likeness (QED) is 0.475. The molecule has 0 bridgehead atoms. The monoisotopic (exact) mass is 481 g/mol. The van der Waals surface area contributed by atoms with Crippen molar-refractivity contribution in [3.63, 3.8) is 0 Å². The molecule has 2 heterocycles. The lowest BCUT2D eigenvalue weighted by atomic mass is 9.96. The first-order chi connectivity index (χ1) is 14.3. The zero-order chi connectivity index (χ0) is 21.7. The molecule has 1 aromatic carbocycles. The van der Waals surface area contributed by atoms with Crippen LogP contribution in [0.5, 0.6) is 0 Å². The Balaban J connectivity index is 1.70. The Hall–Kier alpha value is -1.10. The minimum absolute atomic E-state index is 0.129. The Morgan fingerprint density at radius 2 is 2.03 bits per heavy atom. The van der Waals surface area contributed by atoms with E-state index in [0.29, 0.717) is 0 Å². The number of amides is 1. The van der Waals surface area contributed by atoms with Gasteiger partial charge in [0.1, 0.15) is 31.0 Å². The number of halogens is 3. The number of alkyl halides is 3. The summed E-state index contributed by atoms with van der Waals surface area (Å²) in [6, 6.07) is 8.27. The molecule has 2 N–H and O–H groups in total. The largest absolute Gasteiger partial charge is 0.445 e. The van der Waals surface area contributed by atoms with Crippen LogP contribution in [0.3, 0.4) is 0 Å². The van der Waals surface area contributed by atoms with Gasteiger partial charge in [0.25, 0.3) is 0 Å². The number of aliphatic hydroxyl groups is 1. The Kier molecular flexibility index (Phi) is 8.23. The number of hydrogen-bond acceptors (Lipinski definition) is 7. The fourth-order valence-electron chi connectivity index (χ4n) is 3.16. The lowest BCUT2D eigenvalue weighted by molar-refractivity contribution is -0.342. The lowest BCUT2D eigenvalue weighted by Gasteiger charge is -2.47. The highest BCUT2D eigenvalue weighted by Crippen LogP contribution is 2.34. The Morgan fingerprint density at radius 3 is 2.70 bits per heavy atom. The van der Waals surface area contributed by atoms with Gasteiger partial charge in [-0.15, -0.1) is 6.58 Å². The summed E-state index contributed by atoms with van der Waals surface area (Å²) in [7, 11) is 0. The van der Waals surface area contributed by atoms with E-state index in [9.17, 15) is 9.90 Å². The number of alkyl carbamates (subject to hydrolysis) is 1. The number of hydrogen-bond donors (Lipinski definition) is 2. The summed E-state index contributed by atoms with van der Waals surface area (Å²) in [6.07, 6.45) is -3.66. The van der Waals surface area contributed by atoms with Crippen molar-refractivity contribution in [2.75, 3.05) is 19.8 Å². The molecule has 0 spiro atoms. The Labute approximate surface area is 188 Å². The predicted octanol–water partition coefficient (Wildman–Crippen LogP) is 2.85. The zero-order valence-corrected chi connectivity index (χ0v) is 18.1. The fourth-order valence-corrected chi connectivity index (χ4v) is 3.32. The highest BCUT2D eigenvalue weighted by molar-refractivity contribution is 6.67. The normalized spacial score (nSPS) is 31.5. The van der Waals surface area contributed by atoms with Crippen LogP contribution in [0.1, 0.15) is 11.9 Å². The molecule has 0 saturated carbocycles. The first-order valence-electron chi connectivity index (χ1n) is 9.16. The fraction of sp³-hybridized carbons (Fsp3) is 0.526. The second-order valence-electron chi connectivity index (χ2n) is 6.69. The van der Waals surface area contributed by atoms with E-state index in [1.807, 2.05) is 30.3 Å². The van der Waals surface area contributed by atoms with Crippen LogP contribution in [0.4, 0.5) is 4.79 Å². The van der Waals surface area contributed by atoms with Crippen molar-refractivity contribution in [1.29, 1.82) is 0 Å². The molecule has 1 aromatic rings. The van der Waals surface area contributed by atoms with Gasteiger partial charge in [-0.1, -0.05) is 71.2 Å². The van der Waals surface area contributed by atoms with E-state index < -0.39 is 53.4 Å². The third-order valence-electron chi connectivity index (χ3n) is 4.47. The highest BCUT2D eigenvalue weighted by atomic mass is 35.6. The standard InChI is InChI=1S/C19H22Cl3NO7/c1-2-8-26-17-13(23-18(25)28-10-19(20,21)22)14(24)15-12(29-17)9-27-16(30-15)11-6-4-3-5-7-11/h2-7,12-17,24H,1,8-10H2,(H,23,25)/t12-,13-,14-,15-,16?,17+/m1/s1. The Bertz CT molecular complexity index is 718. The molecule has 166 valence electrons. The van der Waals surface area contributed by atoms with E-state index in [1.165, 1.54) is 6.08 Å². The molecule has 2 saturated heterocycles. The van der Waals surface area contributed by atoms with Gasteiger partial charge in [0.2, 0.25) is 3.79 Å². The Morgan fingerprint density at radius 1 is 1.30 bits per heavy atom. The topological polar surface area (TPSA) is 95.5 Å². The number of carbonyl (C=O) groups is 1. The lowest BCUT2D eigenvalue weighted by Crippen LogP contribution is -2.66. The summed E-state index contributed by atoms with van der Waals surface area (Å²) in [5, 5.41) is 13.5. The molecule has 3 rings (SSSR count). The number of carbonyl (C=O) groups excluding carboxylic acids is 1. The molecular weight excluding hydrogens is 461 g/mol. The van der Waals surface area contributed by atoms with Crippen LogP contribution in [0.25, 0.3) is 0 Å². The molecule has 8 nitrogen and oxygen atoms in total. The van der Waals surface area contributed by atoms with Gasteiger partial charge in [-0.3, -0.25) is 0 Å². The van der Waals surface area contributed by atoms with Crippen molar-refractivity contribution in [1.82, 2.24) is 5.32 Å². The van der Waals surface area contributed by atoms with Gasteiger partial charge in [-0.05, 0) is 0 Å². The number of ether oxygens (including phenoxy) is 5. The molecule has 0 radical (unpaired) electrons. The van der Waals surface area contributed by atoms with Crippen molar-refractivity contribution < 1.29 is 33.6 Å². The highest BCUT2D eigenvalue weighted by Gasteiger charge is 2.50. The van der Waals surface area contributed by atoms with Gasteiger partial charge >= 0.3 is 6.09 Å². The molecule has 2 aliphatic rings. The van der Waals surface area contributed by atoms with Crippen molar-refractivity contribution in [3.05, 3.63) is 48.6 Å². The van der Waals surface area contributed by atoms with E-state index in [2.05, 4.69) is 11.9 Å². The number of benzene rings is 1. The van der Waals surface area contributed by atoms with E-state index in [1.54, 1.807) is 0 Å². The van der Waals surface area contributed by atoms with E-state index in [0.717, 1.165) is 5.56 Å². The zero-order valence-electron chi connectivity index (χ0n) is 15.8. The maximum atomic E-state index is 12.2. The molecule has 2 aliphatic heterocycles. The molecule has 1 unspecified atom stereocenters. The summed E-state index contributed by atoms with van der Waals surface area (Å²) < 4.78 is 26.2. The number of aliphatic hydroxyl groups excluding tert-OH is 1. The predicted molar refractivity (Wildman–Crippen MR) is 109 cm³/mol. The second kappa shape index (κ2) is 10.5. The maximum Gasteiger partial charge on any atom is 0.407 e. The van der Waals surface area contributed by atoms with Gasteiger partial charge in [0, 0.05) is 5.56 Å². The van der Waals surface area contributed by atoms with Crippen molar-refractivity contribution >= 4 is 40.9 Å². The summed E-state index contributed by atoms with van der Waals surface area (Å²) in [5.74, 6) is 0.